The lowest BCUT2D eigenvalue weighted by atomic mass is 10.3. The van der Waals surface area contributed by atoms with Gasteiger partial charge >= 0.3 is 0 Å². The van der Waals surface area contributed by atoms with Crippen molar-refractivity contribution in [3.8, 4) is 5.88 Å². The van der Waals surface area contributed by atoms with E-state index in [0.29, 0.717) is 9.95 Å². The molecule has 0 spiro atoms. The fourth-order valence-electron chi connectivity index (χ4n) is 1.27. The van der Waals surface area contributed by atoms with E-state index in [9.17, 15) is 9.90 Å². The van der Waals surface area contributed by atoms with Crippen LogP contribution in [0.3, 0.4) is 0 Å². The summed E-state index contributed by atoms with van der Waals surface area (Å²) in [5, 5.41) is 21.5. The molecule has 0 saturated carbocycles. The van der Waals surface area contributed by atoms with E-state index in [2.05, 4.69) is 20.1 Å². The number of aromatic amines is 2. The summed E-state index contributed by atoms with van der Waals surface area (Å²) in [5.41, 5.74) is -0.441. The summed E-state index contributed by atoms with van der Waals surface area (Å²) >= 11 is 5.87. The highest BCUT2D eigenvalue weighted by atomic mass is 32.2. The van der Waals surface area contributed by atoms with Gasteiger partial charge in [0, 0.05) is 4.91 Å². The minimum absolute atomic E-state index is 0.0465. The van der Waals surface area contributed by atoms with Crippen LogP contribution in [0.1, 0.15) is 5.56 Å². The Morgan fingerprint density at radius 2 is 2.22 bits per heavy atom. The van der Waals surface area contributed by atoms with Gasteiger partial charge in [-0.1, -0.05) is 11.8 Å². The molecule has 0 atom stereocenters. The Bertz CT molecular complexity index is 671. The van der Waals surface area contributed by atoms with E-state index in [1.807, 2.05) is 0 Å². The van der Waals surface area contributed by atoms with Gasteiger partial charge in [0.15, 0.2) is 4.77 Å². The number of allylic oxidation sites excluding steroid dienone is 1. The molecule has 0 aliphatic carbocycles. The summed E-state index contributed by atoms with van der Waals surface area (Å²) in [7, 11) is 0. The van der Waals surface area contributed by atoms with Crippen LogP contribution in [0.5, 0.6) is 5.88 Å². The van der Waals surface area contributed by atoms with Crippen LogP contribution in [0.4, 0.5) is 0 Å². The second kappa shape index (κ2) is 5.21. The molecule has 9 heteroatoms. The molecule has 2 heterocycles. The van der Waals surface area contributed by atoms with Crippen molar-refractivity contribution >= 4 is 35.1 Å². The van der Waals surface area contributed by atoms with E-state index in [4.69, 9.17) is 17.5 Å². The molecule has 0 saturated heterocycles. The van der Waals surface area contributed by atoms with Crippen molar-refractivity contribution in [3.63, 3.8) is 0 Å². The lowest BCUT2D eigenvalue weighted by Gasteiger charge is -1.99. The van der Waals surface area contributed by atoms with Crippen LogP contribution in [-0.4, -0.2) is 25.4 Å². The molecule has 0 radical (unpaired) electrons. The van der Waals surface area contributed by atoms with Crippen molar-refractivity contribution < 1.29 is 15.4 Å². The van der Waals surface area contributed by atoms with E-state index in [-0.39, 0.29) is 16.2 Å². The summed E-state index contributed by atoms with van der Waals surface area (Å²) in [6.07, 6.45) is 4.70. The Labute approximate surface area is 109 Å². The number of hydrogen-bond donors (Lipinski definition) is 4. The number of aromatic hydroxyl groups is 1. The predicted molar refractivity (Wildman–Crippen MR) is 69.8 cm³/mol. The smallest absolute Gasteiger partial charge is 0.262 e. The van der Waals surface area contributed by atoms with Crippen LogP contribution in [0.25, 0.3) is 6.08 Å². The van der Waals surface area contributed by atoms with Crippen molar-refractivity contribution in [2.75, 3.05) is 0 Å². The minimum Gasteiger partial charge on any atom is -0.494 e. The first-order chi connectivity index (χ1) is 8.60. The highest BCUT2D eigenvalue weighted by Gasteiger charge is 2.12. The van der Waals surface area contributed by atoms with Crippen LogP contribution in [0, 0.1) is 4.77 Å². The van der Waals surface area contributed by atoms with Crippen molar-refractivity contribution in [2.24, 2.45) is 5.16 Å². The zero-order chi connectivity index (χ0) is 13.1. The van der Waals surface area contributed by atoms with Crippen LogP contribution in [0.15, 0.2) is 27.0 Å². The first kappa shape index (κ1) is 12.6. The molecule has 0 bridgehead atoms. The SMILES string of the molecule is O=c1[nH]c(=S)[nH]c(O)c1/C=C1C=C/C(=N/OO)S/1. The summed E-state index contributed by atoms with van der Waals surface area (Å²) in [6, 6.07) is 0. The first-order valence-electron chi connectivity index (χ1n) is 4.62. The molecular formula is C9H7N3O4S2. The molecule has 94 valence electrons. The van der Waals surface area contributed by atoms with Gasteiger partial charge in [-0.2, -0.15) is 5.26 Å². The molecule has 1 aliphatic heterocycles. The second-order valence-corrected chi connectivity index (χ2v) is 4.67. The van der Waals surface area contributed by atoms with Gasteiger partial charge in [0.2, 0.25) is 5.88 Å². The van der Waals surface area contributed by atoms with Crippen molar-refractivity contribution in [1.82, 2.24) is 9.97 Å². The quantitative estimate of drug-likeness (QED) is 0.373. The number of rotatable bonds is 2. The van der Waals surface area contributed by atoms with E-state index in [1.165, 1.54) is 6.08 Å². The Morgan fingerprint density at radius 1 is 1.44 bits per heavy atom. The number of nitrogens with one attached hydrogen (secondary N) is 2. The highest BCUT2D eigenvalue weighted by molar-refractivity contribution is 8.18. The lowest BCUT2D eigenvalue weighted by molar-refractivity contribution is -0.242. The van der Waals surface area contributed by atoms with Gasteiger partial charge in [-0.25, -0.2) is 4.99 Å². The standard InChI is InChI=1S/C9H7N3O4S2/c13-7-5(8(14)11-9(17)10-7)3-4-1-2-6(18-4)12-16-15/h1-3,15H,(H3,10,11,13,14,17)/b4-3-,12-6-. The second-order valence-electron chi connectivity index (χ2n) is 3.16. The third-order valence-electron chi connectivity index (χ3n) is 1.99. The molecule has 1 aromatic rings. The molecule has 18 heavy (non-hydrogen) atoms. The fraction of sp³-hybridized carbons (Fsp3) is 0. The number of H-pyrrole nitrogens is 2. The Balaban J connectivity index is 2.37. The maximum atomic E-state index is 11.6. The normalized spacial score (nSPS) is 18.7. The monoisotopic (exact) mass is 285 g/mol. The third-order valence-corrected chi connectivity index (χ3v) is 3.10. The Kier molecular flexibility index (Phi) is 3.65. The van der Waals surface area contributed by atoms with Crippen molar-refractivity contribution in [1.29, 1.82) is 0 Å². The minimum atomic E-state index is -0.499. The van der Waals surface area contributed by atoms with E-state index in [1.54, 1.807) is 12.2 Å². The van der Waals surface area contributed by atoms with Crippen LogP contribution in [-0.2, 0) is 4.99 Å². The number of aromatic nitrogens is 2. The molecule has 0 amide bonds. The maximum absolute atomic E-state index is 11.6. The number of hydrogen-bond acceptors (Lipinski definition) is 7. The van der Waals surface area contributed by atoms with Crippen LogP contribution in [0.2, 0.25) is 0 Å². The van der Waals surface area contributed by atoms with E-state index < -0.39 is 5.56 Å². The van der Waals surface area contributed by atoms with E-state index >= 15 is 0 Å². The molecular weight excluding hydrogens is 278 g/mol. The molecule has 0 unspecified atom stereocenters. The molecule has 4 N–H and O–H groups in total. The molecule has 1 aromatic heterocycles. The van der Waals surface area contributed by atoms with Gasteiger partial charge < -0.3 is 10.1 Å². The molecule has 0 fully saturated rings. The summed E-state index contributed by atoms with van der Waals surface area (Å²) in [5.74, 6) is -0.311. The Morgan fingerprint density at radius 3 is 2.89 bits per heavy atom. The summed E-state index contributed by atoms with van der Waals surface area (Å²) in [6.45, 7) is 0. The summed E-state index contributed by atoms with van der Waals surface area (Å²) in [4.78, 5) is 20.7. The van der Waals surface area contributed by atoms with Gasteiger partial charge in [0.25, 0.3) is 5.56 Å². The number of oxime groups is 1. The number of nitrogens with zero attached hydrogens (tertiary/aromatic N) is 1. The van der Waals surface area contributed by atoms with Crippen LogP contribution >= 0.6 is 24.0 Å². The largest absolute Gasteiger partial charge is 0.494 e. The van der Waals surface area contributed by atoms with Gasteiger partial charge in [-0.05, 0) is 35.6 Å². The Hall–Kier alpha value is -1.84. The topological polar surface area (TPSA) is 111 Å². The van der Waals surface area contributed by atoms with Gasteiger partial charge in [0.1, 0.15) is 10.6 Å². The average molecular weight is 285 g/mol. The van der Waals surface area contributed by atoms with Crippen LogP contribution < -0.4 is 5.56 Å². The molecule has 7 nitrogen and oxygen atoms in total. The predicted octanol–water partition coefficient (Wildman–Crippen LogP) is 1.59. The highest BCUT2D eigenvalue weighted by Crippen LogP contribution is 2.29. The fourth-order valence-corrected chi connectivity index (χ4v) is 2.22. The van der Waals surface area contributed by atoms with Gasteiger partial charge in [-0.15, -0.1) is 0 Å². The van der Waals surface area contributed by atoms with Crippen molar-refractivity contribution in [3.05, 3.63) is 37.7 Å². The third kappa shape index (κ3) is 2.70. The summed E-state index contributed by atoms with van der Waals surface area (Å²) < 4.78 is 0.0465. The van der Waals surface area contributed by atoms with E-state index in [0.717, 1.165) is 11.8 Å². The van der Waals surface area contributed by atoms with Gasteiger partial charge in [0.05, 0.1) is 0 Å². The molecule has 0 aromatic carbocycles. The zero-order valence-corrected chi connectivity index (χ0v) is 10.3. The zero-order valence-electron chi connectivity index (χ0n) is 8.71. The lowest BCUT2D eigenvalue weighted by Crippen LogP contribution is -2.10. The van der Waals surface area contributed by atoms with Gasteiger partial charge in [-0.3, -0.25) is 9.78 Å². The van der Waals surface area contributed by atoms with Crippen molar-refractivity contribution in [2.45, 2.75) is 0 Å². The first-order valence-corrected chi connectivity index (χ1v) is 5.84. The molecule has 1 aliphatic rings. The molecule has 2 rings (SSSR count). The number of thioether (sulfide) groups is 1. The maximum Gasteiger partial charge on any atom is 0.262 e. The average Bonchev–Trinajstić information content (AvgIpc) is 2.72.